The lowest BCUT2D eigenvalue weighted by atomic mass is 10.1. The summed E-state index contributed by atoms with van der Waals surface area (Å²) in [7, 11) is 1.63. The fraction of sp³-hybridized carbons (Fsp3) is 0.200. The van der Waals surface area contributed by atoms with Crippen molar-refractivity contribution in [1.29, 1.82) is 0 Å². The summed E-state index contributed by atoms with van der Waals surface area (Å²) in [6.45, 7) is 1.79. The molecule has 170 valence electrons. The van der Waals surface area contributed by atoms with E-state index >= 15 is 0 Å². The fourth-order valence-corrected chi connectivity index (χ4v) is 3.36. The molecule has 0 aliphatic carbocycles. The van der Waals surface area contributed by atoms with Crippen molar-refractivity contribution >= 4 is 5.91 Å². The van der Waals surface area contributed by atoms with Crippen molar-refractivity contribution in [2.45, 2.75) is 26.2 Å². The molecule has 0 spiro atoms. The normalized spacial score (nSPS) is 11.0. The van der Waals surface area contributed by atoms with Crippen LogP contribution < -0.4 is 10.1 Å². The van der Waals surface area contributed by atoms with Gasteiger partial charge in [0.2, 0.25) is 5.89 Å². The van der Waals surface area contributed by atoms with Crippen molar-refractivity contribution in [3.63, 3.8) is 0 Å². The summed E-state index contributed by atoms with van der Waals surface area (Å²) in [5, 5.41) is 2.75. The fourth-order valence-electron chi connectivity index (χ4n) is 3.36. The summed E-state index contributed by atoms with van der Waals surface area (Å²) in [6.07, 6.45) is 2.89. The van der Waals surface area contributed by atoms with E-state index < -0.39 is 0 Å². The molecule has 0 bridgehead atoms. The Morgan fingerprint density at radius 2 is 1.70 bits per heavy atom. The van der Waals surface area contributed by atoms with Crippen LogP contribution >= 0.6 is 0 Å². The molecular formula is C25H24FN3O4. The topological polar surface area (TPSA) is 80.7 Å². The molecule has 1 N–H and O–H groups in total. The molecule has 0 aliphatic rings. The number of aromatic nitrogens is 1. The highest BCUT2D eigenvalue weighted by Gasteiger charge is 2.16. The number of hydrogen-bond acceptors (Lipinski definition) is 6. The van der Waals surface area contributed by atoms with Crippen molar-refractivity contribution in [2.75, 3.05) is 7.11 Å². The smallest absolute Gasteiger partial charge is 0.273 e. The van der Waals surface area contributed by atoms with E-state index in [4.69, 9.17) is 13.6 Å². The number of methoxy groups -OCH3 is 1. The Kier molecular flexibility index (Phi) is 7.16. The van der Waals surface area contributed by atoms with Gasteiger partial charge in [0.1, 0.15) is 23.6 Å². The molecule has 4 aromatic rings. The number of benzene rings is 2. The summed E-state index contributed by atoms with van der Waals surface area (Å²) >= 11 is 0. The quantitative estimate of drug-likeness (QED) is 0.383. The number of nitrogens with zero attached hydrogens (tertiary/aromatic N) is 2. The van der Waals surface area contributed by atoms with Gasteiger partial charge in [-0.3, -0.25) is 9.69 Å². The van der Waals surface area contributed by atoms with Crippen LogP contribution in [-0.4, -0.2) is 22.9 Å². The highest BCUT2D eigenvalue weighted by molar-refractivity contribution is 5.91. The summed E-state index contributed by atoms with van der Waals surface area (Å²) < 4.78 is 29.3. The molecule has 0 saturated heterocycles. The number of carbonyl (C=O) groups is 1. The van der Waals surface area contributed by atoms with Crippen molar-refractivity contribution in [1.82, 2.24) is 15.2 Å². The van der Waals surface area contributed by atoms with Gasteiger partial charge in [0.05, 0.1) is 26.5 Å². The van der Waals surface area contributed by atoms with Gasteiger partial charge in [0.25, 0.3) is 5.91 Å². The number of carbonyl (C=O) groups excluding carboxylic acids is 1. The average molecular weight is 449 g/mol. The predicted octanol–water partition coefficient (Wildman–Crippen LogP) is 4.55. The lowest BCUT2D eigenvalue weighted by Gasteiger charge is -2.21. The molecule has 0 radical (unpaired) electrons. The molecule has 0 aliphatic heterocycles. The van der Waals surface area contributed by atoms with Gasteiger partial charge in [-0.1, -0.05) is 24.3 Å². The van der Waals surface area contributed by atoms with E-state index in [0.717, 1.165) is 16.9 Å². The number of ether oxygens (including phenoxy) is 1. The average Bonchev–Trinajstić information content (AvgIpc) is 3.52. The van der Waals surface area contributed by atoms with Crippen LogP contribution in [0.1, 0.15) is 33.3 Å². The highest BCUT2D eigenvalue weighted by Crippen LogP contribution is 2.17. The SMILES string of the molecule is COc1ccc(CN(Cc2ccc(F)cc2)Cc2nc(C(=O)NCc3ccco3)co2)cc1. The molecule has 2 aromatic heterocycles. The minimum Gasteiger partial charge on any atom is -0.497 e. The Morgan fingerprint density at radius 1 is 1.00 bits per heavy atom. The van der Waals surface area contributed by atoms with E-state index in [1.165, 1.54) is 18.4 Å². The Labute approximate surface area is 190 Å². The van der Waals surface area contributed by atoms with Gasteiger partial charge in [0, 0.05) is 13.1 Å². The molecule has 1 amide bonds. The Hall–Kier alpha value is -3.91. The zero-order valence-corrected chi connectivity index (χ0v) is 18.2. The molecule has 0 unspecified atom stereocenters. The minimum absolute atomic E-state index is 0.197. The summed E-state index contributed by atoms with van der Waals surface area (Å²) in [4.78, 5) is 18.8. The van der Waals surface area contributed by atoms with E-state index in [1.807, 2.05) is 24.3 Å². The molecule has 0 saturated carbocycles. The first-order valence-electron chi connectivity index (χ1n) is 10.4. The van der Waals surface area contributed by atoms with Crippen LogP contribution in [0.2, 0.25) is 0 Å². The van der Waals surface area contributed by atoms with Crippen LogP contribution in [0.25, 0.3) is 0 Å². The van der Waals surface area contributed by atoms with Crippen molar-refractivity contribution in [3.8, 4) is 5.75 Å². The number of furan rings is 1. The van der Waals surface area contributed by atoms with Crippen LogP contribution in [0.5, 0.6) is 5.75 Å². The molecule has 0 fully saturated rings. The zero-order valence-electron chi connectivity index (χ0n) is 18.2. The third kappa shape index (κ3) is 6.30. The second-order valence-electron chi connectivity index (χ2n) is 7.51. The number of amides is 1. The van der Waals surface area contributed by atoms with Gasteiger partial charge in [-0.25, -0.2) is 9.37 Å². The van der Waals surface area contributed by atoms with Crippen molar-refractivity contribution in [3.05, 3.63) is 107 Å². The van der Waals surface area contributed by atoms with Gasteiger partial charge in [-0.15, -0.1) is 0 Å². The standard InChI is InChI=1S/C25H24FN3O4/c1-31-21-10-6-19(7-11-21)15-29(14-18-4-8-20(26)9-5-18)16-24-28-23(17-33-24)25(30)27-13-22-3-2-12-32-22/h2-12,17H,13-16H2,1H3,(H,27,30). The molecule has 4 rings (SSSR count). The predicted molar refractivity (Wildman–Crippen MR) is 119 cm³/mol. The van der Waals surface area contributed by atoms with Crippen LogP contribution in [0.3, 0.4) is 0 Å². The molecule has 7 nitrogen and oxygen atoms in total. The molecular weight excluding hydrogens is 425 g/mol. The third-order valence-electron chi connectivity index (χ3n) is 5.03. The van der Waals surface area contributed by atoms with E-state index in [9.17, 15) is 9.18 Å². The lowest BCUT2D eigenvalue weighted by Crippen LogP contribution is -2.24. The van der Waals surface area contributed by atoms with Crippen molar-refractivity contribution < 1.29 is 22.8 Å². The summed E-state index contributed by atoms with van der Waals surface area (Å²) in [5.74, 6) is 1.22. The molecule has 33 heavy (non-hydrogen) atoms. The van der Waals surface area contributed by atoms with Crippen LogP contribution in [0.15, 0.2) is 82.0 Å². The van der Waals surface area contributed by atoms with E-state index in [1.54, 1.807) is 37.6 Å². The highest BCUT2D eigenvalue weighted by atomic mass is 19.1. The first kappa shape index (κ1) is 22.3. The number of hydrogen-bond donors (Lipinski definition) is 1. The Bertz CT molecular complexity index is 1160. The second kappa shape index (κ2) is 10.6. The lowest BCUT2D eigenvalue weighted by molar-refractivity contribution is 0.0943. The van der Waals surface area contributed by atoms with Crippen LogP contribution in [-0.2, 0) is 26.2 Å². The Balaban J connectivity index is 1.44. The maximum atomic E-state index is 13.3. The largest absolute Gasteiger partial charge is 0.497 e. The molecule has 2 aromatic carbocycles. The van der Waals surface area contributed by atoms with E-state index in [2.05, 4.69) is 15.2 Å². The summed E-state index contributed by atoms with van der Waals surface area (Å²) in [5.41, 5.74) is 2.22. The maximum Gasteiger partial charge on any atom is 0.273 e. The van der Waals surface area contributed by atoms with Gasteiger partial charge in [0.15, 0.2) is 5.69 Å². The van der Waals surface area contributed by atoms with Gasteiger partial charge >= 0.3 is 0 Å². The first-order chi connectivity index (χ1) is 16.1. The number of rotatable bonds is 10. The van der Waals surface area contributed by atoms with Crippen LogP contribution in [0.4, 0.5) is 4.39 Å². The summed E-state index contributed by atoms with van der Waals surface area (Å²) in [6, 6.07) is 17.7. The second-order valence-corrected chi connectivity index (χ2v) is 7.51. The van der Waals surface area contributed by atoms with E-state index in [-0.39, 0.29) is 24.0 Å². The minimum atomic E-state index is -0.346. The van der Waals surface area contributed by atoms with Crippen LogP contribution in [0, 0.1) is 5.82 Å². The molecule has 8 heteroatoms. The van der Waals surface area contributed by atoms with E-state index in [0.29, 0.717) is 31.3 Å². The van der Waals surface area contributed by atoms with Crippen molar-refractivity contribution in [2.24, 2.45) is 0 Å². The Morgan fingerprint density at radius 3 is 2.33 bits per heavy atom. The first-order valence-corrected chi connectivity index (χ1v) is 10.4. The zero-order chi connectivity index (χ0) is 23.0. The molecule has 2 heterocycles. The molecule has 0 atom stereocenters. The van der Waals surface area contributed by atoms with Gasteiger partial charge in [-0.05, 0) is 47.5 Å². The third-order valence-corrected chi connectivity index (χ3v) is 5.03. The van der Waals surface area contributed by atoms with Gasteiger partial charge in [-0.2, -0.15) is 0 Å². The number of nitrogens with one attached hydrogen (secondary N) is 1. The maximum absolute atomic E-state index is 13.3. The van der Waals surface area contributed by atoms with Gasteiger partial charge < -0.3 is 18.9 Å². The number of halogens is 1. The monoisotopic (exact) mass is 449 g/mol. The number of oxazole rings is 1.